The Morgan fingerprint density at radius 2 is 1.76 bits per heavy atom. The molecule has 5 nitrogen and oxygen atoms in total. The van der Waals surface area contributed by atoms with Crippen LogP contribution in [-0.4, -0.2) is 28.5 Å². The van der Waals surface area contributed by atoms with Gasteiger partial charge in [-0.2, -0.15) is 26.3 Å². The number of carbonyl (C=O) groups excluding carboxylic acids is 1. The molecule has 0 bridgehead atoms. The minimum atomic E-state index is -4.96. The van der Waals surface area contributed by atoms with Gasteiger partial charge in [0.15, 0.2) is 5.82 Å². The molecule has 1 saturated heterocycles. The number of hydrogen-bond donors (Lipinski definition) is 2. The summed E-state index contributed by atoms with van der Waals surface area (Å²) in [5.41, 5.74) is -3.06. The second kappa shape index (κ2) is 7.97. The van der Waals surface area contributed by atoms with Gasteiger partial charge in [-0.05, 0) is 43.7 Å². The molecule has 29 heavy (non-hydrogen) atoms. The van der Waals surface area contributed by atoms with Gasteiger partial charge < -0.3 is 10.6 Å². The highest BCUT2D eigenvalue weighted by Crippen LogP contribution is 2.38. The minimum absolute atomic E-state index is 0.0301. The second-order valence-corrected chi connectivity index (χ2v) is 6.53. The molecule has 1 aromatic carbocycles. The van der Waals surface area contributed by atoms with E-state index in [0.29, 0.717) is 18.6 Å². The summed E-state index contributed by atoms with van der Waals surface area (Å²) in [6.45, 7) is 0.699. The van der Waals surface area contributed by atoms with Crippen LogP contribution in [0.3, 0.4) is 0 Å². The molecule has 0 spiro atoms. The molecule has 156 valence electrons. The Hall–Kier alpha value is -2.69. The summed E-state index contributed by atoms with van der Waals surface area (Å²) in [4.78, 5) is 19.8. The Labute approximate surface area is 161 Å². The lowest BCUT2D eigenvalue weighted by molar-refractivity contribution is -0.143. The zero-order chi connectivity index (χ0) is 21.2. The molecule has 0 radical (unpaired) electrons. The second-order valence-electron chi connectivity index (χ2n) is 6.53. The lowest BCUT2D eigenvalue weighted by atomic mass is 10.0. The van der Waals surface area contributed by atoms with E-state index in [-0.39, 0.29) is 36.1 Å². The zero-order valence-electron chi connectivity index (χ0n) is 14.9. The highest BCUT2D eigenvalue weighted by atomic mass is 19.4. The summed E-state index contributed by atoms with van der Waals surface area (Å²) in [5, 5.41) is 5.65. The van der Waals surface area contributed by atoms with Crippen LogP contribution in [0.2, 0.25) is 0 Å². The highest BCUT2D eigenvalue weighted by Gasteiger charge is 2.37. The largest absolute Gasteiger partial charge is 0.416 e. The smallest absolute Gasteiger partial charge is 0.349 e. The number of amides is 1. The standard InChI is InChI=1S/C18H16F6N4O/c19-17(20,21)11-6-10(7-12(8-11)18(22,23)24)15-26-5-3-13(28-15)9-27-16(29)14-2-1-4-25-14/h3,5-8,14,25H,1-2,4,9H2,(H,27,29). The first kappa shape index (κ1) is 21.0. The van der Waals surface area contributed by atoms with Crippen LogP contribution < -0.4 is 10.6 Å². The van der Waals surface area contributed by atoms with Gasteiger partial charge in [0, 0.05) is 11.8 Å². The summed E-state index contributed by atoms with van der Waals surface area (Å²) < 4.78 is 78.2. The molecule has 1 aliphatic heterocycles. The van der Waals surface area contributed by atoms with Gasteiger partial charge in [0.05, 0.1) is 29.4 Å². The predicted molar refractivity (Wildman–Crippen MR) is 90.3 cm³/mol. The van der Waals surface area contributed by atoms with Crippen molar-refractivity contribution in [1.82, 2.24) is 20.6 Å². The molecular weight excluding hydrogens is 402 g/mol. The van der Waals surface area contributed by atoms with E-state index in [1.165, 1.54) is 12.3 Å². The van der Waals surface area contributed by atoms with E-state index in [1.807, 2.05) is 0 Å². The van der Waals surface area contributed by atoms with Gasteiger partial charge in [-0.3, -0.25) is 4.79 Å². The average molecular weight is 418 g/mol. The quantitative estimate of drug-likeness (QED) is 0.746. The van der Waals surface area contributed by atoms with Crippen molar-refractivity contribution >= 4 is 5.91 Å². The predicted octanol–water partition coefficient (Wildman–Crippen LogP) is 3.55. The Morgan fingerprint density at radius 1 is 1.10 bits per heavy atom. The maximum atomic E-state index is 13.0. The average Bonchev–Trinajstić information content (AvgIpc) is 3.19. The van der Waals surface area contributed by atoms with Crippen LogP contribution in [0.15, 0.2) is 30.5 Å². The summed E-state index contributed by atoms with van der Waals surface area (Å²) in [5.74, 6) is -0.548. The van der Waals surface area contributed by atoms with E-state index in [0.717, 1.165) is 13.0 Å². The molecule has 1 unspecified atom stereocenters. The first-order valence-electron chi connectivity index (χ1n) is 8.67. The summed E-state index contributed by atoms with van der Waals surface area (Å²) in [6.07, 6.45) is -7.16. The fourth-order valence-corrected chi connectivity index (χ4v) is 2.93. The van der Waals surface area contributed by atoms with Crippen molar-refractivity contribution in [2.24, 2.45) is 0 Å². The van der Waals surface area contributed by atoms with E-state index < -0.39 is 29.0 Å². The van der Waals surface area contributed by atoms with E-state index in [1.54, 1.807) is 0 Å². The van der Waals surface area contributed by atoms with Crippen LogP contribution in [0.1, 0.15) is 29.7 Å². The molecule has 3 rings (SSSR count). The molecule has 0 saturated carbocycles. The number of benzene rings is 1. The Bertz CT molecular complexity index is 858. The third-order valence-electron chi connectivity index (χ3n) is 4.38. The third-order valence-corrected chi connectivity index (χ3v) is 4.38. The molecule has 1 atom stereocenters. The minimum Gasteiger partial charge on any atom is -0.349 e. The van der Waals surface area contributed by atoms with Crippen molar-refractivity contribution in [2.45, 2.75) is 37.8 Å². The van der Waals surface area contributed by atoms with E-state index in [9.17, 15) is 31.1 Å². The molecule has 1 aromatic heterocycles. The zero-order valence-corrected chi connectivity index (χ0v) is 14.9. The maximum Gasteiger partial charge on any atom is 0.416 e. The van der Waals surface area contributed by atoms with Gasteiger partial charge in [-0.1, -0.05) is 0 Å². The van der Waals surface area contributed by atoms with E-state index >= 15 is 0 Å². The van der Waals surface area contributed by atoms with Gasteiger partial charge in [-0.15, -0.1) is 0 Å². The molecule has 0 aliphatic carbocycles. The van der Waals surface area contributed by atoms with E-state index in [2.05, 4.69) is 20.6 Å². The number of nitrogens with one attached hydrogen (secondary N) is 2. The lowest BCUT2D eigenvalue weighted by Crippen LogP contribution is -2.40. The Balaban J connectivity index is 1.86. The molecule has 11 heteroatoms. The van der Waals surface area contributed by atoms with Gasteiger partial charge in [0.1, 0.15) is 0 Å². The SMILES string of the molecule is O=C(NCc1ccnc(-c2cc(C(F)(F)F)cc(C(F)(F)F)c2)n1)C1CCCN1. The molecule has 2 heterocycles. The summed E-state index contributed by atoms with van der Waals surface area (Å²) >= 11 is 0. The maximum absolute atomic E-state index is 13.0. The topological polar surface area (TPSA) is 66.9 Å². The first-order chi connectivity index (χ1) is 13.5. The van der Waals surface area contributed by atoms with Crippen molar-refractivity contribution in [3.05, 3.63) is 47.3 Å². The third kappa shape index (κ3) is 5.22. The molecule has 2 aromatic rings. The number of halogens is 6. The highest BCUT2D eigenvalue weighted by molar-refractivity contribution is 5.81. The monoisotopic (exact) mass is 418 g/mol. The fraction of sp³-hybridized carbons (Fsp3) is 0.389. The number of carbonyl (C=O) groups is 1. The number of alkyl halides is 6. The molecule has 2 N–H and O–H groups in total. The molecule has 1 amide bonds. The van der Waals surface area contributed by atoms with E-state index in [4.69, 9.17) is 0 Å². The number of hydrogen-bond acceptors (Lipinski definition) is 4. The lowest BCUT2D eigenvalue weighted by Gasteiger charge is -2.14. The molecule has 1 fully saturated rings. The normalized spacial score (nSPS) is 17.4. The van der Waals surface area contributed by atoms with Crippen molar-refractivity contribution < 1.29 is 31.1 Å². The van der Waals surface area contributed by atoms with Crippen molar-refractivity contribution in [2.75, 3.05) is 6.54 Å². The summed E-state index contributed by atoms with van der Waals surface area (Å²) in [7, 11) is 0. The van der Waals surface area contributed by atoms with Crippen LogP contribution in [0.5, 0.6) is 0 Å². The summed E-state index contributed by atoms with van der Waals surface area (Å²) in [6, 6.07) is 2.27. The van der Waals surface area contributed by atoms with Crippen LogP contribution >= 0.6 is 0 Å². The van der Waals surface area contributed by atoms with Crippen LogP contribution in [0.4, 0.5) is 26.3 Å². The van der Waals surface area contributed by atoms with Gasteiger partial charge >= 0.3 is 12.4 Å². The van der Waals surface area contributed by atoms with Crippen molar-refractivity contribution in [1.29, 1.82) is 0 Å². The van der Waals surface area contributed by atoms with Crippen molar-refractivity contribution in [3.63, 3.8) is 0 Å². The Morgan fingerprint density at radius 3 is 2.31 bits per heavy atom. The van der Waals surface area contributed by atoms with Crippen molar-refractivity contribution in [3.8, 4) is 11.4 Å². The van der Waals surface area contributed by atoms with Crippen LogP contribution in [-0.2, 0) is 23.7 Å². The first-order valence-corrected chi connectivity index (χ1v) is 8.67. The van der Waals surface area contributed by atoms with Gasteiger partial charge in [0.2, 0.25) is 5.91 Å². The van der Waals surface area contributed by atoms with Crippen LogP contribution in [0.25, 0.3) is 11.4 Å². The van der Waals surface area contributed by atoms with Gasteiger partial charge in [-0.25, -0.2) is 9.97 Å². The molecular formula is C18H16F6N4O. The van der Waals surface area contributed by atoms with Crippen LogP contribution in [0, 0.1) is 0 Å². The van der Waals surface area contributed by atoms with Gasteiger partial charge in [0.25, 0.3) is 0 Å². The number of rotatable bonds is 4. The Kier molecular flexibility index (Phi) is 5.78. The molecule has 1 aliphatic rings. The number of nitrogens with zero attached hydrogens (tertiary/aromatic N) is 2. The number of aromatic nitrogens is 2. The fourth-order valence-electron chi connectivity index (χ4n) is 2.93.